The fourth-order valence-corrected chi connectivity index (χ4v) is 3.54. The first-order valence-electron chi connectivity index (χ1n) is 8.02. The molecule has 1 aromatic heterocycles. The van der Waals surface area contributed by atoms with Crippen LogP contribution in [-0.4, -0.2) is 44.2 Å². The van der Waals surface area contributed by atoms with E-state index in [0.29, 0.717) is 0 Å². The Kier molecular flexibility index (Phi) is 7.21. The Hall–Kier alpha value is -1.23. The number of benzene rings is 1. The molecule has 0 aliphatic carbocycles. The van der Waals surface area contributed by atoms with Gasteiger partial charge in [0.15, 0.2) is 5.06 Å². The highest BCUT2D eigenvalue weighted by Crippen LogP contribution is 2.21. The third-order valence-electron chi connectivity index (χ3n) is 4.19. The van der Waals surface area contributed by atoms with Gasteiger partial charge in [-0.3, -0.25) is 4.90 Å². The second-order valence-electron chi connectivity index (χ2n) is 5.75. The lowest BCUT2D eigenvalue weighted by Gasteiger charge is -2.36. The van der Waals surface area contributed by atoms with Crippen molar-refractivity contribution < 1.29 is 4.74 Å². The van der Waals surface area contributed by atoms with E-state index >= 15 is 0 Å². The average molecular weight is 353 g/mol. The molecule has 126 valence electrons. The van der Waals surface area contributed by atoms with Gasteiger partial charge in [-0.25, -0.2) is 0 Å². The van der Waals surface area contributed by atoms with Crippen LogP contribution in [0, 0.1) is 6.92 Å². The third kappa shape index (κ3) is 5.13. The molecule has 2 heterocycles. The number of anilines is 1. The highest BCUT2D eigenvalue weighted by molar-refractivity contribution is 7.11. The zero-order valence-corrected chi connectivity index (χ0v) is 15.2. The molecule has 0 atom stereocenters. The van der Waals surface area contributed by atoms with E-state index in [0.717, 1.165) is 50.8 Å². The van der Waals surface area contributed by atoms with Gasteiger partial charge in [-0.15, -0.1) is 23.7 Å². The van der Waals surface area contributed by atoms with Gasteiger partial charge in [-0.2, -0.15) is 0 Å². The molecule has 0 bridgehead atoms. The van der Waals surface area contributed by atoms with Crippen LogP contribution in [0.25, 0.3) is 0 Å². The largest absolute Gasteiger partial charge is 0.484 e. The average Bonchev–Trinajstić information content (AvgIpc) is 3.06. The highest BCUT2D eigenvalue weighted by Gasteiger charge is 2.17. The zero-order chi connectivity index (χ0) is 15.2. The highest BCUT2D eigenvalue weighted by atomic mass is 35.5. The number of ether oxygens (including phenoxy) is 1. The number of thiophene rings is 1. The summed E-state index contributed by atoms with van der Waals surface area (Å²) in [4.78, 5) is 5.06. The predicted octanol–water partition coefficient (Wildman–Crippen LogP) is 4.07. The van der Waals surface area contributed by atoms with Crippen molar-refractivity contribution in [2.24, 2.45) is 0 Å². The molecule has 5 heteroatoms. The summed E-state index contributed by atoms with van der Waals surface area (Å²) in [6, 6.07) is 12.7. The minimum atomic E-state index is 0. The lowest BCUT2D eigenvalue weighted by molar-refractivity contribution is 0.226. The van der Waals surface area contributed by atoms with Crippen molar-refractivity contribution in [1.29, 1.82) is 0 Å². The number of piperazine rings is 1. The van der Waals surface area contributed by atoms with Crippen molar-refractivity contribution in [1.82, 2.24) is 4.90 Å². The minimum absolute atomic E-state index is 0. The monoisotopic (exact) mass is 352 g/mol. The Morgan fingerprint density at radius 1 is 1.04 bits per heavy atom. The molecule has 1 fully saturated rings. The number of hydrogen-bond donors (Lipinski definition) is 0. The minimum Gasteiger partial charge on any atom is -0.484 e. The molecule has 0 radical (unpaired) electrons. The third-order valence-corrected chi connectivity index (χ3v) is 4.97. The maximum absolute atomic E-state index is 5.72. The molecule has 1 aliphatic rings. The van der Waals surface area contributed by atoms with Gasteiger partial charge in [0.2, 0.25) is 0 Å². The molecule has 1 saturated heterocycles. The van der Waals surface area contributed by atoms with Crippen molar-refractivity contribution in [2.45, 2.75) is 13.3 Å². The van der Waals surface area contributed by atoms with Crippen LogP contribution in [0.4, 0.5) is 5.69 Å². The number of rotatable bonds is 6. The van der Waals surface area contributed by atoms with Crippen LogP contribution in [0.2, 0.25) is 0 Å². The summed E-state index contributed by atoms with van der Waals surface area (Å²) in [6.07, 6.45) is 1.10. The molecule has 0 saturated carbocycles. The van der Waals surface area contributed by atoms with E-state index in [1.165, 1.54) is 11.3 Å². The van der Waals surface area contributed by atoms with Crippen LogP contribution in [0.15, 0.2) is 41.8 Å². The van der Waals surface area contributed by atoms with Gasteiger partial charge in [-0.1, -0.05) is 18.2 Å². The molecule has 2 aromatic rings. The van der Waals surface area contributed by atoms with Crippen LogP contribution < -0.4 is 9.64 Å². The molecule has 0 N–H and O–H groups in total. The maximum Gasteiger partial charge on any atom is 0.173 e. The Morgan fingerprint density at radius 3 is 2.52 bits per heavy atom. The van der Waals surface area contributed by atoms with E-state index < -0.39 is 0 Å². The number of para-hydroxylation sites is 1. The summed E-state index contributed by atoms with van der Waals surface area (Å²) in [5.74, 6) is 0. The Bertz CT molecular complexity index is 568. The smallest absolute Gasteiger partial charge is 0.173 e. The van der Waals surface area contributed by atoms with Crippen LogP contribution >= 0.6 is 23.7 Å². The first kappa shape index (κ1) is 18.1. The summed E-state index contributed by atoms with van der Waals surface area (Å²) in [5.41, 5.74) is 2.77. The van der Waals surface area contributed by atoms with Gasteiger partial charge in [0.05, 0.1) is 6.61 Å². The lowest BCUT2D eigenvalue weighted by atomic mass is 10.1. The first-order valence-corrected chi connectivity index (χ1v) is 8.90. The van der Waals surface area contributed by atoms with Crippen molar-refractivity contribution in [3.8, 4) is 5.06 Å². The lowest BCUT2D eigenvalue weighted by Crippen LogP contribution is -2.47. The molecular weight excluding hydrogens is 328 g/mol. The normalized spacial score (nSPS) is 15.3. The van der Waals surface area contributed by atoms with E-state index in [-0.39, 0.29) is 12.4 Å². The van der Waals surface area contributed by atoms with Gasteiger partial charge < -0.3 is 9.64 Å². The number of halogens is 1. The van der Waals surface area contributed by atoms with Gasteiger partial charge in [0.1, 0.15) is 0 Å². The van der Waals surface area contributed by atoms with Crippen LogP contribution in [0.5, 0.6) is 5.06 Å². The number of aryl methyl sites for hydroxylation is 1. The Balaban J connectivity index is 0.00000192. The summed E-state index contributed by atoms with van der Waals surface area (Å²) in [7, 11) is 0. The van der Waals surface area contributed by atoms with E-state index in [4.69, 9.17) is 4.74 Å². The second-order valence-corrected chi connectivity index (χ2v) is 6.66. The van der Waals surface area contributed by atoms with Crippen molar-refractivity contribution in [3.05, 3.63) is 47.3 Å². The maximum atomic E-state index is 5.72. The van der Waals surface area contributed by atoms with E-state index in [9.17, 15) is 0 Å². The summed E-state index contributed by atoms with van der Waals surface area (Å²) in [6.45, 7) is 8.68. The SMILES string of the molecule is Cc1ccccc1N1CCN(CCCOc2cccs2)CC1.Cl. The fourth-order valence-electron chi connectivity index (χ4n) is 2.94. The summed E-state index contributed by atoms with van der Waals surface area (Å²) in [5, 5.41) is 3.09. The van der Waals surface area contributed by atoms with Crippen molar-refractivity contribution in [3.63, 3.8) is 0 Å². The van der Waals surface area contributed by atoms with Gasteiger partial charge >= 0.3 is 0 Å². The molecular formula is C18H25ClN2OS. The van der Waals surface area contributed by atoms with Crippen molar-refractivity contribution >= 4 is 29.4 Å². The molecule has 3 nitrogen and oxygen atoms in total. The molecule has 0 spiro atoms. The number of hydrogen-bond acceptors (Lipinski definition) is 4. The van der Waals surface area contributed by atoms with Gasteiger partial charge in [-0.05, 0) is 42.5 Å². The Labute approximate surface area is 149 Å². The quantitative estimate of drug-likeness (QED) is 0.729. The van der Waals surface area contributed by atoms with Crippen LogP contribution in [0.3, 0.4) is 0 Å². The van der Waals surface area contributed by atoms with Crippen LogP contribution in [-0.2, 0) is 0 Å². The molecule has 1 aromatic carbocycles. The summed E-state index contributed by atoms with van der Waals surface area (Å²) < 4.78 is 5.72. The molecule has 0 unspecified atom stereocenters. The second kappa shape index (κ2) is 9.16. The zero-order valence-electron chi connectivity index (χ0n) is 13.6. The topological polar surface area (TPSA) is 15.7 Å². The van der Waals surface area contributed by atoms with E-state index in [2.05, 4.69) is 46.4 Å². The fraction of sp³-hybridized carbons (Fsp3) is 0.444. The number of nitrogens with zero attached hydrogens (tertiary/aromatic N) is 2. The first-order chi connectivity index (χ1) is 10.8. The van der Waals surface area contributed by atoms with E-state index in [1.807, 2.05) is 12.1 Å². The summed E-state index contributed by atoms with van der Waals surface area (Å²) >= 11 is 1.67. The standard InChI is InChI=1S/C18H24N2OS.ClH/c1-16-6-2-3-7-17(16)20-12-10-19(11-13-20)9-5-14-21-18-8-4-15-22-18;/h2-4,6-8,15H,5,9-14H2,1H3;1H. The van der Waals surface area contributed by atoms with Gasteiger partial charge in [0, 0.05) is 38.4 Å². The predicted molar refractivity (Wildman–Crippen MR) is 102 cm³/mol. The van der Waals surface area contributed by atoms with Crippen molar-refractivity contribution in [2.75, 3.05) is 44.2 Å². The van der Waals surface area contributed by atoms with E-state index in [1.54, 1.807) is 11.3 Å². The molecule has 0 amide bonds. The van der Waals surface area contributed by atoms with Gasteiger partial charge in [0.25, 0.3) is 0 Å². The Morgan fingerprint density at radius 2 is 1.83 bits per heavy atom. The molecule has 1 aliphatic heterocycles. The van der Waals surface area contributed by atoms with Crippen LogP contribution in [0.1, 0.15) is 12.0 Å². The molecule has 3 rings (SSSR count). The molecule has 23 heavy (non-hydrogen) atoms.